The van der Waals surface area contributed by atoms with Crippen molar-refractivity contribution in [2.45, 2.75) is 25.8 Å². The fourth-order valence-corrected chi connectivity index (χ4v) is 2.55. The Morgan fingerprint density at radius 1 is 1.38 bits per heavy atom. The van der Waals surface area contributed by atoms with Crippen molar-refractivity contribution in [1.29, 1.82) is 0 Å². The second kappa shape index (κ2) is 8.59. The monoisotopic (exact) mass is 358 g/mol. The highest BCUT2D eigenvalue weighted by Crippen LogP contribution is 2.27. The fourth-order valence-electron chi connectivity index (χ4n) is 2.55. The van der Waals surface area contributed by atoms with Crippen LogP contribution in [0, 0.1) is 5.82 Å². The van der Waals surface area contributed by atoms with Gasteiger partial charge in [0.05, 0.1) is 11.6 Å². The summed E-state index contributed by atoms with van der Waals surface area (Å²) in [5, 5.41) is 6.30. The van der Waals surface area contributed by atoms with Crippen LogP contribution in [0.3, 0.4) is 0 Å². The van der Waals surface area contributed by atoms with Gasteiger partial charge in [0.2, 0.25) is 5.95 Å². The molecule has 2 heterocycles. The number of halogens is 1. The van der Waals surface area contributed by atoms with Crippen LogP contribution in [0.4, 0.5) is 21.8 Å². The second-order valence-corrected chi connectivity index (χ2v) is 5.95. The predicted octanol–water partition coefficient (Wildman–Crippen LogP) is 2.77. The first-order chi connectivity index (χ1) is 12.7. The fraction of sp³-hybridized carbons (Fsp3) is 0.333. The Hall–Kier alpha value is -2.71. The Balaban J connectivity index is 1.84. The lowest BCUT2D eigenvalue weighted by Gasteiger charge is -2.13. The van der Waals surface area contributed by atoms with E-state index in [1.165, 1.54) is 12.1 Å². The SMILES string of the molecule is CCCNc1nc(Nc2cccc(F)c2)ncc1C1=CC(CCN)NO1. The molecule has 1 aliphatic heterocycles. The average Bonchev–Trinajstić information content (AvgIpc) is 3.09. The molecule has 2 aromatic rings. The molecule has 0 fully saturated rings. The third kappa shape index (κ3) is 4.47. The predicted molar refractivity (Wildman–Crippen MR) is 100 cm³/mol. The van der Waals surface area contributed by atoms with Gasteiger partial charge in [0.25, 0.3) is 0 Å². The molecule has 1 unspecified atom stereocenters. The molecule has 0 saturated carbocycles. The molecule has 0 spiro atoms. The van der Waals surface area contributed by atoms with Gasteiger partial charge in [-0.15, -0.1) is 5.48 Å². The summed E-state index contributed by atoms with van der Waals surface area (Å²) in [4.78, 5) is 14.4. The minimum atomic E-state index is -0.322. The minimum absolute atomic E-state index is 0.0686. The van der Waals surface area contributed by atoms with Crippen molar-refractivity contribution in [2.24, 2.45) is 5.73 Å². The Morgan fingerprint density at radius 2 is 2.27 bits per heavy atom. The number of anilines is 3. The standard InChI is InChI=1S/C18H23FN6O/c1-2-8-21-17-15(16-10-14(6-7-20)25-26-16)11-22-18(24-17)23-13-5-3-4-12(19)9-13/h3-5,9-11,14,25H,2,6-8,20H2,1H3,(H2,21,22,23,24). The summed E-state index contributed by atoms with van der Waals surface area (Å²) in [6.07, 6.45) is 5.39. The third-order valence-corrected chi connectivity index (χ3v) is 3.83. The molecule has 5 N–H and O–H groups in total. The molecule has 0 radical (unpaired) electrons. The summed E-state index contributed by atoms with van der Waals surface area (Å²) >= 11 is 0. The van der Waals surface area contributed by atoms with Crippen LogP contribution in [0.5, 0.6) is 0 Å². The van der Waals surface area contributed by atoms with Crippen LogP contribution >= 0.6 is 0 Å². The van der Waals surface area contributed by atoms with Crippen molar-refractivity contribution in [3.63, 3.8) is 0 Å². The maximum Gasteiger partial charge on any atom is 0.229 e. The molecule has 0 aliphatic carbocycles. The van der Waals surface area contributed by atoms with E-state index in [1.807, 2.05) is 6.08 Å². The number of nitrogens with two attached hydrogens (primary N) is 1. The molecule has 0 saturated heterocycles. The van der Waals surface area contributed by atoms with Gasteiger partial charge < -0.3 is 21.2 Å². The Labute approximate surface area is 151 Å². The van der Waals surface area contributed by atoms with Gasteiger partial charge in [-0.1, -0.05) is 13.0 Å². The lowest BCUT2D eigenvalue weighted by Crippen LogP contribution is -2.23. The van der Waals surface area contributed by atoms with Gasteiger partial charge in [0.1, 0.15) is 11.6 Å². The smallest absolute Gasteiger partial charge is 0.229 e. The zero-order valence-corrected chi connectivity index (χ0v) is 14.6. The first-order valence-electron chi connectivity index (χ1n) is 8.67. The van der Waals surface area contributed by atoms with E-state index in [4.69, 9.17) is 10.6 Å². The summed E-state index contributed by atoms with van der Waals surface area (Å²) in [6, 6.07) is 6.23. The van der Waals surface area contributed by atoms with Crippen molar-refractivity contribution >= 4 is 23.2 Å². The summed E-state index contributed by atoms with van der Waals surface area (Å²) in [6.45, 7) is 3.40. The lowest BCUT2D eigenvalue weighted by molar-refractivity contribution is 0.159. The quantitative estimate of drug-likeness (QED) is 0.576. The van der Waals surface area contributed by atoms with Crippen molar-refractivity contribution in [3.8, 4) is 0 Å². The first kappa shape index (κ1) is 18.1. The van der Waals surface area contributed by atoms with Crippen molar-refractivity contribution in [1.82, 2.24) is 15.4 Å². The van der Waals surface area contributed by atoms with E-state index in [-0.39, 0.29) is 11.9 Å². The molecule has 138 valence electrons. The molecule has 3 rings (SSSR count). The van der Waals surface area contributed by atoms with Gasteiger partial charge in [0.15, 0.2) is 5.76 Å². The van der Waals surface area contributed by atoms with E-state index in [2.05, 4.69) is 33.0 Å². The lowest BCUT2D eigenvalue weighted by atomic mass is 10.1. The van der Waals surface area contributed by atoms with E-state index in [9.17, 15) is 4.39 Å². The highest BCUT2D eigenvalue weighted by Gasteiger charge is 2.21. The zero-order chi connectivity index (χ0) is 18.4. The van der Waals surface area contributed by atoms with Crippen molar-refractivity contribution in [2.75, 3.05) is 23.7 Å². The molecule has 0 bridgehead atoms. The van der Waals surface area contributed by atoms with Gasteiger partial charge in [0, 0.05) is 18.4 Å². The van der Waals surface area contributed by atoms with Crippen LogP contribution in [0.2, 0.25) is 0 Å². The summed E-state index contributed by atoms with van der Waals surface area (Å²) < 4.78 is 13.4. The summed E-state index contributed by atoms with van der Waals surface area (Å²) in [5.41, 5.74) is 9.87. The minimum Gasteiger partial charge on any atom is -0.408 e. The van der Waals surface area contributed by atoms with Crippen LogP contribution in [0.25, 0.3) is 5.76 Å². The Morgan fingerprint density at radius 3 is 3.04 bits per heavy atom. The highest BCUT2D eigenvalue weighted by atomic mass is 19.1. The topological polar surface area (TPSA) is 97.1 Å². The molecule has 7 nitrogen and oxygen atoms in total. The number of nitrogens with zero attached hydrogens (tertiary/aromatic N) is 2. The van der Waals surface area contributed by atoms with E-state index in [0.717, 1.165) is 24.9 Å². The first-order valence-corrected chi connectivity index (χ1v) is 8.67. The summed E-state index contributed by atoms with van der Waals surface area (Å²) in [5.74, 6) is 1.38. The number of nitrogens with one attached hydrogen (secondary N) is 3. The van der Waals surface area contributed by atoms with E-state index >= 15 is 0 Å². The largest absolute Gasteiger partial charge is 0.408 e. The van der Waals surface area contributed by atoms with Crippen LogP contribution in [0.1, 0.15) is 25.3 Å². The van der Waals surface area contributed by atoms with Gasteiger partial charge in [-0.25, -0.2) is 9.37 Å². The van der Waals surface area contributed by atoms with Gasteiger partial charge in [-0.05, 0) is 43.7 Å². The molecular weight excluding hydrogens is 335 g/mol. The number of aromatic nitrogens is 2. The van der Waals surface area contributed by atoms with Crippen LogP contribution in [-0.2, 0) is 4.84 Å². The molecule has 1 aromatic heterocycles. The molecule has 8 heteroatoms. The van der Waals surface area contributed by atoms with Gasteiger partial charge >= 0.3 is 0 Å². The number of rotatable bonds is 8. The number of hydrogen-bond acceptors (Lipinski definition) is 7. The van der Waals surface area contributed by atoms with Gasteiger partial charge in [-0.2, -0.15) is 4.98 Å². The van der Waals surface area contributed by atoms with Gasteiger partial charge in [-0.3, -0.25) is 0 Å². The van der Waals surface area contributed by atoms with Crippen LogP contribution in [0.15, 0.2) is 36.5 Å². The molecule has 1 aliphatic rings. The zero-order valence-electron chi connectivity index (χ0n) is 14.6. The molecule has 0 amide bonds. The number of hydrogen-bond donors (Lipinski definition) is 4. The van der Waals surface area contributed by atoms with Crippen molar-refractivity contribution < 1.29 is 9.23 Å². The molecular formula is C18H23FN6O. The third-order valence-electron chi connectivity index (χ3n) is 3.83. The maximum absolute atomic E-state index is 13.4. The molecule has 1 atom stereocenters. The van der Waals surface area contributed by atoms with E-state index in [0.29, 0.717) is 29.8 Å². The molecule has 26 heavy (non-hydrogen) atoms. The summed E-state index contributed by atoms with van der Waals surface area (Å²) in [7, 11) is 0. The Bertz CT molecular complexity index is 782. The maximum atomic E-state index is 13.4. The average molecular weight is 358 g/mol. The van der Waals surface area contributed by atoms with E-state index < -0.39 is 0 Å². The normalized spacial score (nSPS) is 16.1. The second-order valence-electron chi connectivity index (χ2n) is 5.95. The number of hydroxylamine groups is 1. The van der Waals surface area contributed by atoms with E-state index in [1.54, 1.807) is 18.3 Å². The van der Waals surface area contributed by atoms with Crippen LogP contribution in [-0.4, -0.2) is 29.1 Å². The molecule has 1 aromatic carbocycles. The highest BCUT2D eigenvalue weighted by molar-refractivity contribution is 5.72. The Kier molecular flexibility index (Phi) is 5.98. The number of benzene rings is 1. The van der Waals surface area contributed by atoms with Crippen LogP contribution < -0.4 is 21.8 Å². The van der Waals surface area contributed by atoms with Crippen molar-refractivity contribution in [3.05, 3.63) is 47.9 Å².